The van der Waals surface area contributed by atoms with Gasteiger partial charge in [0.05, 0.1) is 14.2 Å². The molecule has 4 aromatic rings. The van der Waals surface area contributed by atoms with E-state index in [1.807, 2.05) is 42.5 Å². The molecule has 5 nitrogen and oxygen atoms in total. The number of methoxy groups -OCH3 is 2. The molecule has 0 radical (unpaired) electrons. The first-order chi connectivity index (χ1) is 13.7. The summed E-state index contributed by atoms with van der Waals surface area (Å²) in [5.41, 5.74) is 2.86. The van der Waals surface area contributed by atoms with Gasteiger partial charge in [-0.15, -0.1) is 0 Å². The second kappa shape index (κ2) is 7.48. The van der Waals surface area contributed by atoms with E-state index in [0.717, 1.165) is 27.4 Å². The first-order valence-corrected chi connectivity index (χ1v) is 8.80. The van der Waals surface area contributed by atoms with Crippen LogP contribution in [-0.4, -0.2) is 25.2 Å². The summed E-state index contributed by atoms with van der Waals surface area (Å²) in [5, 5.41) is 2.11. The topological polar surface area (TPSA) is 60.5 Å². The standard InChI is InChI=1S/C23H19NO4/c1-26-21-11-7-15(13-22(21)27-2)8-12-23(25)28-16-9-10-20-18(14-16)17-5-3-4-6-19(17)24-20/h3-14,24H,1-2H3/b12-8+. The first kappa shape index (κ1) is 17.7. The Kier molecular flexibility index (Phi) is 4.72. The van der Waals surface area contributed by atoms with Crippen molar-refractivity contribution in [3.63, 3.8) is 0 Å². The normalized spacial score (nSPS) is 11.2. The van der Waals surface area contributed by atoms with Gasteiger partial charge in [0, 0.05) is 27.9 Å². The summed E-state index contributed by atoms with van der Waals surface area (Å²) in [6, 6.07) is 19.0. The molecule has 28 heavy (non-hydrogen) atoms. The van der Waals surface area contributed by atoms with Crippen molar-refractivity contribution in [2.75, 3.05) is 14.2 Å². The number of benzene rings is 3. The zero-order valence-electron chi connectivity index (χ0n) is 15.6. The zero-order valence-corrected chi connectivity index (χ0v) is 15.6. The Bertz CT molecular complexity index is 1190. The van der Waals surface area contributed by atoms with Crippen molar-refractivity contribution in [2.45, 2.75) is 0 Å². The molecule has 0 unspecified atom stereocenters. The number of nitrogens with one attached hydrogen (secondary N) is 1. The summed E-state index contributed by atoms with van der Waals surface area (Å²) in [7, 11) is 3.15. The number of fused-ring (bicyclic) bond motifs is 3. The third kappa shape index (κ3) is 3.42. The van der Waals surface area contributed by atoms with Gasteiger partial charge in [0.2, 0.25) is 0 Å². The van der Waals surface area contributed by atoms with Crippen LogP contribution in [0.25, 0.3) is 27.9 Å². The van der Waals surface area contributed by atoms with Gasteiger partial charge in [-0.05, 0) is 48.0 Å². The van der Waals surface area contributed by atoms with Gasteiger partial charge in [-0.25, -0.2) is 4.79 Å². The molecule has 0 aliphatic rings. The average Bonchev–Trinajstić information content (AvgIpc) is 3.10. The summed E-state index contributed by atoms with van der Waals surface area (Å²) in [4.78, 5) is 15.6. The van der Waals surface area contributed by atoms with Crippen molar-refractivity contribution in [3.05, 3.63) is 72.3 Å². The third-order valence-electron chi connectivity index (χ3n) is 4.52. The Balaban J connectivity index is 1.53. The Morgan fingerprint density at radius 2 is 1.64 bits per heavy atom. The molecule has 0 atom stereocenters. The van der Waals surface area contributed by atoms with Crippen molar-refractivity contribution in [3.8, 4) is 17.2 Å². The first-order valence-electron chi connectivity index (χ1n) is 8.80. The number of esters is 1. The van der Waals surface area contributed by atoms with Crippen LogP contribution in [0.5, 0.6) is 17.2 Å². The van der Waals surface area contributed by atoms with Crippen molar-refractivity contribution in [1.29, 1.82) is 0 Å². The van der Waals surface area contributed by atoms with Crippen LogP contribution < -0.4 is 14.2 Å². The smallest absolute Gasteiger partial charge is 0.336 e. The summed E-state index contributed by atoms with van der Waals surface area (Å²) >= 11 is 0. The maximum Gasteiger partial charge on any atom is 0.336 e. The van der Waals surface area contributed by atoms with E-state index < -0.39 is 5.97 Å². The average molecular weight is 373 g/mol. The summed E-state index contributed by atoms with van der Waals surface area (Å²) in [6.07, 6.45) is 3.06. The number of para-hydroxylation sites is 1. The lowest BCUT2D eigenvalue weighted by molar-refractivity contribution is -0.128. The highest BCUT2D eigenvalue weighted by Crippen LogP contribution is 2.29. The van der Waals surface area contributed by atoms with Crippen molar-refractivity contribution in [1.82, 2.24) is 4.98 Å². The number of ether oxygens (including phenoxy) is 3. The highest BCUT2D eigenvalue weighted by molar-refractivity contribution is 6.07. The monoisotopic (exact) mass is 373 g/mol. The van der Waals surface area contributed by atoms with Gasteiger partial charge < -0.3 is 19.2 Å². The van der Waals surface area contributed by atoms with Gasteiger partial charge in [-0.2, -0.15) is 0 Å². The lowest BCUT2D eigenvalue weighted by atomic mass is 10.1. The van der Waals surface area contributed by atoms with E-state index in [9.17, 15) is 4.79 Å². The fourth-order valence-corrected chi connectivity index (χ4v) is 3.16. The molecule has 0 aliphatic heterocycles. The van der Waals surface area contributed by atoms with Gasteiger partial charge in [0.25, 0.3) is 0 Å². The molecule has 0 saturated heterocycles. The van der Waals surface area contributed by atoms with E-state index >= 15 is 0 Å². The molecule has 0 amide bonds. The number of hydrogen-bond acceptors (Lipinski definition) is 4. The van der Waals surface area contributed by atoms with E-state index in [4.69, 9.17) is 14.2 Å². The minimum absolute atomic E-state index is 0.450. The van der Waals surface area contributed by atoms with Crippen LogP contribution in [0, 0.1) is 0 Å². The van der Waals surface area contributed by atoms with Crippen LogP contribution in [0.1, 0.15) is 5.56 Å². The Labute approximate surface area is 162 Å². The maximum atomic E-state index is 12.2. The fourth-order valence-electron chi connectivity index (χ4n) is 3.16. The minimum Gasteiger partial charge on any atom is -0.493 e. The zero-order chi connectivity index (χ0) is 19.5. The molecule has 4 rings (SSSR count). The predicted octanol–water partition coefficient (Wildman–Crippen LogP) is 4.96. The maximum absolute atomic E-state index is 12.2. The number of carbonyl (C=O) groups excluding carboxylic acids is 1. The highest BCUT2D eigenvalue weighted by Gasteiger charge is 2.07. The van der Waals surface area contributed by atoms with E-state index in [1.165, 1.54) is 6.08 Å². The second-order valence-corrected chi connectivity index (χ2v) is 6.25. The SMILES string of the molecule is COc1ccc(/C=C/C(=O)Oc2ccc3[nH]c4ccccc4c3c2)cc1OC. The van der Waals surface area contributed by atoms with Gasteiger partial charge in [0.1, 0.15) is 5.75 Å². The van der Waals surface area contributed by atoms with E-state index in [0.29, 0.717) is 17.2 Å². The van der Waals surface area contributed by atoms with Gasteiger partial charge >= 0.3 is 5.97 Å². The van der Waals surface area contributed by atoms with Crippen LogP contribution in [0.4, 0.5) is 0 Å². The predicted molar refractivity (Wildman–Crippen MR) is 110 cm³/mol. The van der Waals surface area contributed by atoms with Crippen LogP contribution in [0.3, 0.4) is 0 Å². The van der Waals surface area contributed by atoms with Crippen molar-refractivity contribution >= 4 is 33.9 Å². The van der Waals surface area contributed by atoms with Crippen LogP contribution in [-0.2, 0) is 4.79 Å². The lowest BCUT2D eigenvalue weighted by Crippen LogP contribution is -2.03. The molecule has 1 heterocycles. The van der Waals surface area contributed by atoms with Crippen molar-refractivity contribution < 1.29 is 19.0 Å². The second-order valence-electron chi connectivity index (χ2n) is 6.25. The van der Waals surface area contributed by atoms with Gasteiger partial charge in [-0.1, -0.05) is 24.3 Å². The van der Waals surface area contributed by atoms with E-state index in [1.54, 1.807) is 38.5 Å². The third-order valence-corrected chi connectivity index (χ3v) is 4.52. The highest BCUT2D eigenvalue weighted by atomic mass is 16.5. The number of carbonyl (C=O) groups is 1. The van der Waals surface area contributed by atoms with Gasteiger partial charge in [-0.3, -0.25) is 0 Å². The Hall–Kier alpha value is -3.73. The summed E-state index contributed by atoms with van der Waals surface area (Å²) in [5.74, 6) is 1.28. The largest absolute Gasteiger partial charge is 0.493 e. The molecular weight excluding hydrogens is 354 g/mol. The molecular formula is C23H19NO4. The summed E-state index contributed by atoms with van der Waals surface area (Å²) < 4.78 is 15.9. The quantitative estimate of drug-likeness (QED) is 0.305. The number of hydrogen-bond donors (Lipinski definition) is 1. The van der Waals surface area contributed by atoms with Gasteiger partial charge in [0.15, 0.2) is 11.5 Å². The molecule has 1 N–H and O–H groups in total. The molecule has 140 valence electrons. The van der Waals surface area contributed by atoms with Crippen LogP contribution >= 0.6 is 0 Å². The molecule has 0 aliphatic carbocycles. The van der Waals surface area contributed by atoms with Crippen LogP contribution in [0.15, 0.2) is 66.7 Å². The summed E-state index contributed by atoms with van der Waals surface area (Å²) in [6.45, 7) is 0. The van der Waals surface area contributed by atoms with E-state index in [-0.39, 0.29) is 0 Å². The number of aromatic nitrogens is 1. The Morgan fingerprint density at radius 1 is 0.857 bits per heavy atom. The Morgan fingerprint density at radius 3 is 2.46 bits per heavy atom. The molecule has 0 spiro atoms. The van der Waals surface area contributed by atoms with Crippen LogP contribution in [0.2, 0.25) is 0 Å². The molecule has 5 heteroatoms. The minimum atomic E-state index is -0.450. The fraction of sp³-hybridized carbons (Fsp3) is 0.0870. The molecule has 3 aromatic carbocycles. The molecule has 1 aromatic heterocycles. The lowest BCUT2D eigenvalue weighted by Gasteiger charge is -2.07. The van der Waals surface area contributed by atoms with Crippen molar-refractivity contribution in [2.24, 2.45) is 0 Å². The number of aromatic amines is 1. The number of H-pyrrole nitrogens is 1. The van der Waals surface area contributed by atoms with E-state index in [2.05, 4.69) is 4.98 Å². The molecule has 0 fully saturated rings. The molecule has 0 bridgehead atoms. The molecule has 0 saturated carbocycles. The number of rotatable bonds is 5.